The van der Waals surface area contributed by atoms with E-state index >= 15 is 0 Å². The minimum absolute atomic E-state index is 0.769. The number of aromatic nitrogens is 2. The average Bonchev–Trinajstić information content (AvgIpc) is 2.60. The van der Waals surface area contributed by atoms with Crippen LogP contribution in [-0.4, -0.2) is 9.97 Å². The summed E-state index contributed by atoms with van der Waals surface area (Å²) in [7, 11) is 0. The van der Waals surface area contributed by atoms with Gasteiger partial charge in [-0.3, -0.25) is 0 Å². The van der Waals surface area contributed by atoms with Gasteiger partial charge in [-0.2, -0.15) is 0 Å². The van der Waals surface area contributed by atoms with Gasteiger partial charge in [0, 0.05) is 11.4 Å². The zero-order chi connectivity index (χ0) is 10.3. The summed E-state index contributed by atoms with van der Waals surface area (Å²) in [6, 6.07) is 3.81. The number of anilines is 2. The second kappa shape index (κ2) is 2.83. The Balaban J connectivity index is 2.49. The molecule has 2 rings (SSSR count). The van der Waals surface area contributed by atoms with Crippen LogP contribution in [0.25, 0.3) is 11.4 Å². The minimum atomic E-state index is 0.769. The van der Waals surface area contributed by atoms with Crippen molar-refractivity contribution < 1.29 is 0 Å². The lowest BCUT2D eigenvalue weighted by atomic mass is 10.3. The Morgan fingerprint density at radius 1 is 0.857 bits per heavy atom. The highest BCUT2D eigenvalue weighted by Gasteiger charge is 2.07. The number of nitrogens with one attached hydrogen (secondary N) is 2. The van der Waals surface area contributed by atoms with E-state index in [0.29, 0.717) is 0 Å². The zero-order valence-corrected chi connectivity index (χ0v) is 8.31. The van der Waals surface area contributed by atoms with E-state index in [9.17, 15) is 0 Å². The van der Waals surface area contributed by atoms with Gasteiger partial charge in [0.25, 0.3) is 0 Å². The average molecular weight is 190 g/mol. The van der Waals surface area contributed by atoms with Gasteiger partial charge < -0.3 is 21.4 Å². The molecule has 0 unspecified atom stereocenters. The van der Waals surface area contributed by atoms with Crippen molar-refractivity contribution in [1.82, 2.24) is 9.97 Å². The summed E-state index contributed by atoms with van der Waals surface area (Å²) in [6.07, 6.45) is 0. The van der Waals surface area contributed by atoms with Gasteiger partial charge in [0.05, 0.1) is 22.8 Å². The molecule has 0 aliphatic rings. The van der Waals surface area contributed by atoms with Crippen molar-refractivity contribution in [3.63, 3.8) is 0 Å². The molecule has 0 saturated carbocycles. The molecule has 2 heterocycles. The van der Waals surface area contributed by atoms with Crippen LogP contribution < -0.4 is 11.5 Å². The van der Waals surface area contributed by atoms with Crippen LogP contribution in [0.15, 0.2) is 12.1 Å². The predicted octanol–water partition coefficient (Wildman–Crippen LogP) is 1.79. The lowest BCUT2D eigenvalue weighted by molar-refractivity contribution is 1.22. The molecule has 4 heteroatoms. The molecular formula is C10H14N4. The van der Waals surface area contributed by atoms with E-state index in [0.717, 1.165) is 34.2 Å². The van der Waals surface area contributed by atoms with Crippen molar-refractivity contribution in [3.8, 4) is 11.4 Å². The summed E-state index contributed by atoms with van der Waals surface area (Å²) >= 11 is 0. The molecule has 74 valence electrons. The number of nitrogens with two attached hydrogens (primary N) is 2. The van der Waals surface area contributed by atoms with Gasteiger partial charge in [-0.1, -0.05) is 0 Å². The number of nitrogen functional groups attached to an aromatic ring is 2. The van der Waals surface area contributed by atoms with Crippen molar-refractivity contribution >= 4 is 11.4 Å². The van der Waals surface area contributed by atoms with E-state index < -0.39 is 0 Å². The minimum Gasteiger partial charge on any atom is -0.397 e. The van der Waals surface area contributed by atoms with Gasteiger partial charge >= 0.3 is 0 Å². The van der Waals surface area contributed by atoms with E-state index in [4.69, 9.17) is 11.5 Å². The summed E-state index contributed by atoms with van der Waals surface area (Å²) in [4.78, 5) is 6.38. The first-order valence-electron chi connectivity index (χ1n) is 4.48. The molecule has 0 radical (unpaired) electrons. The molecule has 6 N–H and O–H groups in total. The number of hydrogen-bond acceptors (Lipinski definition) is 2. The van der Waals surface area contributed by atoms with E-state index in [2.05, 4.69) is 9.97 Å². The molecule has 0 fully saturated rings. The van der Waals surface area contributed by atoms with Crippen molar-refractivity contribution in [2.45, 2.75) is 13.8 Å². The first kappa shape index (κ1) is 8.74. The van der Waals surface area contributed by atoms with Crippen LogP contribution in [0, 0.1) is 13.8 Å². The molecule has 0 bridgehead atoms. The summed E-state index contributed by atoms with van der Waals surface area (Å²) in [5.74, 6) is 0. The Morgan fingerprint density at radius 2 is 1.21 bits per heavy atom. The first-order valence-corrected chi connectivity index (χ1v) is 4.48. The lowest BCUT2D eigenvalue weighted by Gasteiger charge is -1.91. The van der Waals surface area contributed by atoms with Gasteiger partial charge in [-0.25, -0.2) is 0 Å². The van der Waals surface area contributed by atoms with Gasteiger partial charge in [0.15, 0.2) is 0 Å². The van der Waals surface area contributed by atoms with Crippen molar-refractivity contribution in [2.75, 3.05) is 11.5 Å². The van der Waals surface area contributed by atoms with Crippen LogP contribution in [0.5, 0.6) is 0 Å². The quantitative estimate of drug-likeness (QED) is 0.552. The maximum atomic E-state index is 5.75. The Hall–Kier alpha value is -1.84. The molecule has 4 nitrogen and oxygen atoms in total. The summed E-state index contributed by atoms with van der Waals surface area (Å²) in [5, 5.41) is 0. The molecule has 14 heavy (non-hydrogen) atoms. The smallest absolute Gasteiger partial charge is 0.0643 e. The number of H-pyrrole nitrogens is 2. The highest BCUT2D eigenvalue weighted by Crippen LogP contribution is 2.25. The fourth-order valence-corrected chi connectivity index (χ4v) is 1.44. The third-order valence-corrected chi connectivity index (χ3v) is 2.40. The standard InChI is InChI=1S/C10H14N4/c1-5-7(11)3-9(13-5)10-4-8(12)6(2)14-10/h3-4,13-14H,11-12H2,1-2H3. The normalized spacial score (nSPS) is 10.7. The van der Waals surface area contributed by atoms with Crippen molar-refractivity contribution in [1.29, 1.82) is 0 Å². The monoisotopic (exact) mass is 190 g/mol. The molecule has 0 amide bonds. The summed E-state index contributed by atoms with van der Waals surface area (Å²) < 4.78 is 0. The van der Waals surface area contributed by atoms with E-state index in [-0.39, 0.29) is 0 Å². The molecule has 2 aromatic heterocycles. The van der Waals surface area contributed by atoms with Gasteiger partial charge in [-0.15, -0.1) is 0 Å². The Bertz CT molecular complexity index is 381. The molecule has 0 spiro atoms. The zero-order valence-electron chi connectivity index (χ0n) is 8.31. The highest BCUT2D eigenvalue weighted by atomic mass is 14.8. The second-order valence-electron chi connectivity index (χ2n) is 3.53. The van der Waals surface area contributed by atoms with E-state index in [1.54, 1.807) is 0 Å². The number of aryl methyl sites for hydroxylation is 2. The molecule has 0 aliphatic carbocycles. The van der Waals surface area contributed by atoms with Crippen LogP contribution in [0.3, 0.4) is 0 Å². The predicted molar refractivity (Wildman–Crippen MR) is 58.9 cm³/mol. The lowest BCUT2D eigenvalue weighted by Crippen LogP contribution is -1.82. The Morgan fingerprint density at radius 3 is 1.43 bits per heavy atom. The van der Waals surface area contributed by atoms with Crippen molar-refractivity contribution in [3.05, 3.63) is 23.5 Å². The SMILES string of the molecule is Cc1[nH]c(-c2cc(N)c(C)[nH]2)cc1N. The third-order valence-electron chi connectivity index (χ3n) is 2.40. The Kier molecular flexibility index (Phi) is 1.77. The van der Waals surface area contributed by atoms with E-state index in [1.165, 1.54) is 0 Å². The molecule has 0 aliphatic heterocycles. The maximum absolute atomic E-state index is 5.75. The van der Waals surface area contributed by atoms with Crippen LogP contribution in [0.1, 0.15) is 11.4 Å². The van der Waals surface area contributed by atoms with E-state index in [1.807, 2.05) is 26.0 Å². The van der Waals surface area contributed by atoms with Gasteiger partial charge in [0.1, 0.15) is 0 Å². The number of rotatable bonds is 1. The maximum Gasteiger partial charge on any atom is 0.0643 e. The summed E-state index contributed by atoms with van der Waals surface area (Å²) in [6.45, 7) is 3.88. The second-order valence-corrected chi connectivity index (χ2v) is 3.53. The molecule has 0 atom stereocenters. The number of aromatic amines is 2. The molecular weight excluding hydrogens is 176 g/mol. The molecule has 0 saturated heterocycles. The first-order chi connectivity index (χ1) is 6.58. The topological polar surface area (TPSA) is 83.6 Å². The number of hydrogen-bond donors (Lipinski definition) is 4. The highest BCUT2D eigenvalue weighted by molar-refractivity contribution is 5.68. The van der Waals surface area contributed by atoms with Crippen LogP contribution in [-0.2, 0) is 0 Å². The molecule has 0 aromatic carbocycles. The fraction of sp³-hybridized carbons (Fsp3) is 0.200. The Labute approximate surface area is 82.3 Å². The largest absolute Gasteiger partial charge is 0.397 e. The van der Waals surface area contributed by atoms with Crippen LogP contribution >= 0.6 is 0 Å². The summed E-state index contributed by atoms with van der Waals surface area (Å²) in [5.41, 5.74) is 16.9. The van der Waals surface area contributed by atoms with Crippen LogP contribution in [0.4, 0.5) is 11.4 Å². The van der Waals surface area contributed by atoms with Crippen LogP contribution in [0.2, 0.25) is 0 Å². The third kappa shape index (κ3) is 1.25. The van der Waals surface area contributed by atoms with Crippen molar-refractivity contribution in [2.24, 2.45) is 0 Å². The molecule has 2 aromatic rings. The fourth-order valence-electron chi connectivity index (χ4n) is 1.44. The van der Waals surface area contributed by atoms with Gasteiger partial charge in [0.2, 0.25) is 0 Å². The van der Waals surface area contributed by atoms with Gasteiger partial charge in [-0.05, 0) is 26.0 Å².